The number of carbonyl (C=O) groups excluding carboxylic acids is 1. The number of primary amides is 1. The molecule has 0 atom stereocenters. The van der Waals surface area contributed by atoms with Crippen molar-refractivity contribution in [1.82, 2.24) is 29.3 Å². The third-order valence-corrected chi connectivity index (χ3v) is 10.2. The van der Waals surface area contributed by atoms with Gasteiger partial charge in [0.25, 0.3) is 5.91 Å². The van der Waals surface area contributed by atoms with E-state index in [1.165, 1.54) is 49.4 Å². The minimum Gasteiger partial charge on any atom is -0.365 e. The first-order valence-corrected chi connectivity index (χ1v) is 15.2. The van der Waals surface area contributed by atoms with Crippen molar-refractivity contribution < 1.29 is 13.2 Å². The molecule has 0 spiro atoms. The van der Waals surface area contributed by atoms with Crippen LogP contribution in [-0.4, -0.2) is 68.5 Å². The minimum absolute atomic E-state index is 0.0319. The van der Waals surface area contributed by atoms with E-state index in [1.54, 1.807) is 21.5 Å². The Balaban J connectivity index is 1.33. The van der Waals surface area contributed by atoms with Gasteiger partial charge in [-0.15, -0.1) is 11.3 Å². The van der Waals surface area contributed by atoms with Gasteiger partial charge in [-0.1, -0.05) is 0 Å². The van der Waals surface area contributed by atoms with Crippen molar-refractivity contribution in [2.45, 2.75) is 38.6 Å². The highest BCUT2D eigenvalue weighted by Crippen LogP contribution is 2.41. The monoisotopic (exact) mass is 554 g/mol. The zero-order chi connectivity index (χ0) is 26.6. The van der Waals surface area contributed by atoms with Crippen LogP contribution in [0.4, 0.5) is 5.69 Å². The zero-order valence-electron chi connectivity index (χ0n) is 21.3. The van der Waals surface area contributed by atoms with Crippen molar-refractivity contribution in [3.63, 3.8) is 0 Å². The Morgan fingerprint density at radius 1 is 1.18 bits per heavy atom. The van der Waals surface area contributed by atoms with E-state index in [2.05, 4.69) is 24.8 Å². The standard InChI is InChI=1S/C25H30N8O3S2/c1-15-20(22-23(17-10-28-31(2)14-17)37-25-21(24(26)34)12-29-33(22)25)9-18(11-27-15)30-38(35,36)8-7-32-13-16-3-5-19(32)6-4-16/h9-12,14,16,19,30H,3-8,13H2,1-2H3,(H2,26,34). The maximum atomic E-state index is 13.1. The fraction of sp³-hybridized carbons (Fsp3) is 0.440. The second-order valence-electron chi connectivity index (χ2n) is 10.3. The fourth-order valence-electron chi connectivity index (χ4n) is 5.72. The quantitative estimate of drug-likeness (QED) is 0.341. The highest BCUT2D eigenvalue weighted by atomic mass is 32.2. The lowest BCUT2D eigenvalue weighted by atomic mass is 9.80. The van der Waals surface area contributed by atoms with Crippen molar-refractivity contribution in [3.8, 4) is 21.7 Å². The van der Waals surface area contributed by atoms with Gasteiger partial charge in [-0.2, -0.15) is 10.2 Å². The summed E-state index contributed by atoms with van der Waals surface area (Å²) in [4.78, 5) is 20.3. The lowest BCUT2D eigenvalue weighted by Crippen LogP contribution is -2.49. The summed E-state index contributed by atoms with van der Waals surface area (Å²) in [5, 5.41) is 8.73. The molecule has 38 heavy (non-hydrogen) atoms. The third kappa shape index (κ3) is 4.58. The maximum absolute atomic E-state index is 13.1. The number of hydrogen-bond donors (Lipinski definition) is 2. The minimum atomic E-state index is -3.58. The molecule has 3 aliphatic rings. The van der Waals surface area contributed by atoms with Crippen molar-refractivity contribution in [1.29, 1.82) is 0 Å². The van der Waals surface area contributed by atoms with Crippen LogP contribution in [0.5, 0.6) is 0 Å². The van der Waals surface area contributed by atoms with E-state index in [9.17, 15) is 13.2 Å². The number of nitrogens with two attached hydrogens (primary N) is 1. The van der Waals surface area contributed by atoms with Gasteiger partial charge in [-0.25, -0.2) is 12.9 Å². The summed E-state index contributed by atoms with van der Waals surface area (Å²) in [6.45, 7) is 3.38. The van der Waals surface area contributed by atoms with Crippen LogP contribution in [0, 0.1) is 12.8 Å². The van der Waals surface area contributed by atoms with Crippen LogP contribution in [0.2, 0.25) is 0 Å². The molecule has 1 aliphatic carbocycles. The van der Waals surface area contributed by atoms with Crippen LogP contribution >= 0.6 is 11.3 Å². The van der Waals surface area contributed by atoms with Gasteiger partial charge in [0.2, 0.25) is 10.0 Å². The number of aryl methyl sites for hydroxylation is 2. The van der Waals surface area contributed by atoms with Crippen molar-refractivity contribution in [2.24, 2.45) is 18.7 Å². The van der Waals surface area contributed by atoms with Crippen LogP contribution < -0.4 is 10.5 Å². The molecule has 200 valence electrons. The lowest BCUT2D eigenvalue weighted by Gasteiger charge is -2.45. The summed E-state index contributed by atoms with van der Waals surface area (Å²) in [5.74, 6) is 0.168. The second kappa shape index (κ2) is 9.47. The molecule has 1 amide bonds. The number of anilines is 1. The molecule has 3 N–H and O–H groups in total. The fourth-order valence-corrected chi connectivity index (χ4v) is 7.96. The van der Waals surface area contributed by atoms with E-state index in [4.69, 9.17) is 5.73 Å². The van der Waals surface area contributed by atoms with E-state index in [1.807, 2.05) is 20.2 Å². The predicted octanol–water partition coefficient (Wildman–Crippen LogP) is 2.88. The molecular formula is C25H30N8O3S2. The first-order valence-electron chi connectivity index (χ1n) is 12.7. The molecule has 4 aromatic rings. The average Bonchev–Trinajstić information content (AvgIpc) is 3.59. The average molecular weight is 555 g/mol. The number of nitrogens with zero attached hydrogens (tertiary/aromatic N) is 6. The number of carbonyl (C=O) groups is 1. The molecule has 2 bridgehead atoms. The summed E-state index contributed by atoms with van der Waals surface area (Å²) < 4.78 is 32.2. The van der Waals surface area contributed by atoms with Crippen LogP contribution in [0.25, 0.3) is 26.5 Å². The lowest BCUT2D eigenvalue weighted by molar-refractivity contribution is 0.0545. The first kappa shape index (κ1) is 25.0. The molecule has 0 radical (unpaired) electrons. The Morgan fingerprint density at radius 3 is 2.63 bits per heavy atom. The molecule has 11 nitrogen and oxygen atoms in total. The van der Waals surface area contributed by atoms with E-state index < -0.39 is 15.9 Å². The molecule has 6 heterocycles. The Labute approximate surface area is 224 Å². The summed E-state index contributed by atoms with van der Waals surface area (Å²) in [5.41, 5.74) is 9.22. The number of sulfonamides is 1. The number of thiazole rings is 1. The van der Waals surface area contributed by atoms with Gasteiger partial charge in [-0.05, 0) is 44.6 Å². The van der Waals surface area contributed by atoms with Gasteiger partial charge in [0.1, 0.15) is 4.83 Å². The Bertz CT molecular complexity index is 1630. The highest BCUT2D eigenvalue weighted by molar-refractivity contribution is 7.92. The summed E-state index contributed by atoms with van der Waals surface area (Å²) in [6.07, 6.45) is 11.5. The molecule has 2 aliphatic heterocycles. The van der Waals surface area contributed by atoms with Gasteiger partial charge in [0, 0.05) is 49.2 Å². The Hall–Kier alpha value is -3.29. The number of hydrogen-bond acceptors (Lipinski definition) is 8. The molecule has 1 saturated carbocycles. The Kier molecular flexibility index (Phi) is 6.23. The van der Waals surface area contributed by atoms with Gasteiger partial charge in [0.05, 0.1) is 46.2 Å². The van der Waals surface area contributed by atoms with E-state index in [0.717, 1.165) is 17.0 Å². The van der Waals surface area contributed by atoms with E-state index >= 15 is 0 Å². The van der Waals surface area contributed by atoms with Gasteiger partial charge in [-0.3, -0.25) is 24.1 Å². The van der Waals surface area contributed by atoms with Crippen molar-refractivity contribution >= 4 is 37.8 Å². The molecule has 3 fully saturated rings. The van der Waals surface area contributed by atoms with Crippen LogP contribution in [-0.2, 0) is 17.1 Å². The topological polar surface area (TPSA) is 141 Å². The number of amides is 1. The molecule has 0 aromatic carbocycles. The molecule has 13 heteroatoms. The number of aromatic nitrogens is 5. The first-order chi connectivity index (χ1) is 18.2. The predicted molar refractivity (Wildman–Crippen MR) is 146 cm³/mol. The zero-order valence-corrected chi connectivity index (χ0v) is 22.9. The number of fused-ring (bicyclic) bond motifs is 4. The smallest absolute Gasteiger partial charge is 0.253 e. The molecular weight excluding hydrogens is 524 g/mol. The van der Waals surface area contributed by atoms with Crippen LogP contribution in [0.1, 0.15) is 41.7 Å². The van der Waals surface area contributed by atoms with Gasteiger partial charge < -0.3 is 5.73 Å². The Morgan fingerprint density at radius 2 is 1.97 bits per heavy atom. The largest absolute Gasteiger partial charge is 0.365 e. The molecule has 4 aromatic heterocycles. The maximum Gasteiger partial charge on any atom is 0.253 e. The SMILES string of the molecule is Cc1ncc(NS(=O)(=O)CCN2CC3CCC2CC3)cc1-c1c(-c2cnn(C)c2)sc2c(C(N)=O)cnn12. The second-order valence-corrected chi connectivity index (χ2v) is 13.1. The van der Waals surface area contributed by atoms with E-state index in [-0.39, 0.29) is 5.75 Å². The van der Waals surface area contributed by atoms with Crippen LogP contribution in [0.15, 0.2) is 30.9 Å². The number of nitrogens with one attached hydrogen (secondary N) is 1. The summed E-state index contributed by atoms with van der Waals surface area (Å²) >= 11 is 1.38. The van der Waals surface area contributed by atoms with Crippen molar-refractivity contribution in [2.75, 3.05) is 23.6 Å². The third-order valence-electron chi connectivity index (χ3n) is 7.67. The molecule has 2 saturated heterocycles. The van der Waals surface area contributed by atoms with Crippen LogP contribution in [0.3, 0.4) is 0 Å². The molecule has 0 unspecified atom stereocenters. The van der Waals surface area contributed by atoms with E-state index in [0.29, 0.717) is 51.5 Å². The summed E-state index contributed by atoms with van der Waals surface area (Å²) in [7, 11) is -1.76. The van der Waals surface area contributed by atoms with Gasteiger partial charge >= 0.3 is 0 Å². The normalized spacial score (nSPS) is 19.8. The number of pyridine rings is 1. The highest BCUT2D eigenvalue weighted by Gasteiger charge is 2.34. The number of piperidine rings is 2. The summed E-state index contributed by atoms with van der Waals surface area (Å²) in [6, 6.07) is 2.28. The van der Waals surface area contributed by atoms with Gasteiger partial charge in [0.15, 0.2) is 0 Å². The number of rotatable bonds is 8. The van der Waals surface area contributed by atoms with Crippen molar-refractivity contribution in [3.05, 3.63) is 42.1 Å². The molecule has 7 rings (SSSR count).